The van der Waals surface area contributed by atoms with Gasteiger partial charge in [0.1, 0.15) is 6.61 Å². The van der Waals surface area contributed by atoms with Crippen LogP contribution in [0.25, 0.3) is 0 Å². The van der Waals surface area contributed by atoms with Crippen molar-refractivity contribution in [2.24, 2.45) is 0 Å². The summed E-state index contributed by atoms with van der Waals surface area (Å²) in [6.45, 7) is 7.54. The Bertz CT molecular complexity index is 382. The summed E-state index contributed by atoms with van der Waals surface area (Å²) >= 11 is 5.49. The molecule has 1 N–H and O–H groups in total. The molecule has 0 aliphatic rings. The van der Waals surface area contributed by atoms with E-state index in [4.69, 9.17) is 21.1 Å². The quantitative estimate of drug-likeness (QED) is 0.562. The molecule has 1 amide bonds. The van der Waals surface area contributed by atoms with E-state index in [-0.39, 0.29) is 24.7 Å². The predicted octanol–water partition coefficient (Wildman–Crippen LogP) is 1.13. The summed E-state index contributed by atoms with van der Waals surface area (Å²) in [5, 5.41) is 2.39. The third-order valence-corrected chi connectivity index (χ3v) is 2.36. The van der Waals surface area contributed by atoms with Gasteiger partial charge in [0, 0.05) is 12.0 Å². The Balaban J connectivity index is 5.21. The highest BCUT2D eigenvalue weighted by Crippen LogP contribution is 2.16. The van der Waals surface area contributed by atoms with E-state index in [9.17, 15) is 14.4 Å². The molecule has 0 heterocycles. The number of hydrogen-bond donors (Lipinski definition) is 1. The van der Waals surface area contributed by atoms with Gasteiger partial charge in [0.15, 0.2) is 0 Å². The van der Waals surface area contributed by atoms with Crippen LogP contribution in [0.3, 0.4) is 0 Å². The van der Waals surface area contributed by atoms with E-state index in [0.717, 1.165) is 0 Å². The van der Waals surface area contributed by atoms with Crippen LogP contribution in [0.5, 0.6) is 0 Å². The van der Waals surface area contributed by atoms with Crippen molar-refractivity contribution < 1.29 is 23.9 Å². The Morgan fingerprint density at radius 2 is 1.74 bits per heavy atom. The molecule has 0 saturated heterocycles. The van der Waals surface area contributed by atoms with E-state index in [1.807, 2.05) is 0 Å². The zero-order chi connectivity index (χ0) is 15.1. The molecular formula is C12H18ClNO5. The molecule has 1 atom stereocenters. The highest BCUT2D eigenvalue weighted by atomic mass is 35.5. The van der Waals surface area contributed by atoms with Crippen LogP contribution >= 0.6 is 11.6 Å². The van der Waals surface area contributed by atoms with Crippen molar-refractivity contribution in [1.29, 1.82) is 0 Å². The number of ether oxygens (including phenoxy) is 2. The van der Waals surface area contributed by atoms with Gasteiger partial charge in [-0.3, -0.25) is 4.79 Å². The number of esters is 2. The summed E-state index contributed by atoms with van der Waals surface area (Å²) in [6, 6.07) is 0. The number of halogens is 1. The Morgan fingerprint density at radius 3 is 2.11 bits per heavy atom. The molecule has 19 heavy (non-hydrogen) atoms. The summed E-state index contributed by atoms with van der Waals surface area (Å²) in [5.74, 6) is -2.33. The molecule has 0 aliphatic carbocycles. The van der Waals surface area contributed by atoms with Crippen LogP contribution in [0.1, 0.15) is 27.2 Å². The molecule has 0 bridgehead atoms. The van der Waals surface area contributed by atoms with Gasteiger partial charge in [0.25, 0.3) is 0 Å². The Kier molecular flexibility index (Phi) is 7.14. The van der Waals surface area contributed by atoms with Crippen molar-refractivity contribution in [2.75, 3.05) is 13.2 Å². The fourth-order valence-corrected chi connectivity index (χ4v) is 1.44. The van der Waals surface area contributed by atoms with Crippen LogP contribution in [-0.4, -0.2) is 36.6 Å². The molecule has 1 unspecified atom stereocenters. The van der Waals surface area contributed by atoms with Gasteiger partial charge in [-0.2, -0.15) is 0 Å². The lowest BCUT2D eigenvalue weighted by atomic mass is 9.96. The number of carbonyl (C=O) groups is 3. The van der Waals surface area contributed by atoms with E-state index in [1.165, 1.54) is 6.92 Å². The minimum Gasteiger partial charge on any atom is -0.464 e. The lowest BCUT2D eigenvalue weighted by Gasteiger charge is -2.28. The van der Waals surface area contributed by atoms with Gasteiger partial charge in [-0.1, -0.05) is 25.1 Å². The largest absolute Gasteiger partial charge is 0.464 e. The van der Waals surface area contributed by atoms with E-state index < -0.39 is 23.4 Å². The van der Waals surface area contributed by atoms with E-state index in [2.05, 4.69) is 11.9 Å². The topological polar surface area (TPSA) is 81.7 Å². The number of nitrogens with one attached hydrogen (secondary N) is 1. The lowest BCUT2D eigenvalue weighted by Crippen LogP contribution is -2.60. The molecule has 0 aromatic carbocycles. The first-order chi connectivity index (χ1) is 8.80. The summed E-state index contributed by atoms with van der Waals surface area (Å²) in [5.41, 5.74) is -1.85. The zero-order valence-electron chi connectivity index (χ0n) is 11.2. The number of hydrogen-bond acceptors (Lipinski definition) is 5. The highest BCUT2D eigenvalue weighted by Gasteiger charge is 2.48. The third kappa shape index (κ3) is 4.90. The maximum Gasteiger partial charge on any atom is 0.344 e. The molecule has 0 aromatic rings. The van der Waals surface area contributed by atoms with Gasteiger partial charge in [-0.25, -0.2) is 9.59 Å². The molecule has 7 heteroatoms. The Hall–Kier alpha value is -1.56. The van der Waals surface area contributed by atoms with Crippen molar-refractivity contribution in [3.8, 4) is 0 Å². The summed E-state index contributed by atoms with van der Waals surface area (Å²) < 4.78 is 9.66. The predicted molar refractivity (Wildman–Crippen MR) is 69.4 cm³/mol. The molecule has 0 saturated carbocycles. The van der Waals surface area contributed by atoms with Crippen molar-refractivity contribution in [3.05, 3.63) is 11.6 Å². The van der Waals surface area contributed by atoms with Crippen molar-refractivity contribution in [1.82, 2.24) is 5.32 Å². The van der Waals surface area contributed by atoms with Crippen LogP contribution in [0.4, 0.5) is 0 Å². The van der Waals surface area contributed by atoms with Crippen molar-refractivity contribution in [2.45, 2.75) is 32.7 Å². The monoisotopic (exact) mass is 291 g/mol. The Morgan fingerprint density at radius 1 is 1.21 bits per heavy atom. The molecule has 0 aromatic heterocycles. The number of rotatable bonds is 7. The van der Waals surface area contributed by atoms with Crippen molar-refractivity contribution in [3.63, 3.8) is 0 Å². The molecule has 0 radical (unpaired) electrons. The van der Waals surface area contributed by atoms with Crippen LogP contribution in [0, 0.1) is 0 Å². The second kappa shape index (κ2) is 7.78. The molecule has 0 fully saturated rings. The average molecular weight is 292 g/mol. The van der Waals surface area contributed by atoms with Gasteiger partial charge >= 0.3 is 11.9 Å². The van der Waals surface area contributed by atoms with Crippen LogP contribution < -0.4 is 5.32 Å². The normalized spacial score (nSPS) is 13.1. The Labute approximate surface area is 117 Å². The first-order valence-electron chi connectivity index (χ1n) is 5.76. The summed E-state index contributed by atoms with van der Waals surface area (Å²) in [7, 11) is 0. The van der Waals surface area contributed by atoms with Crippen LogP contribution in [0.2, 0.25) is 0 Å². The molecular weight excluding hydrogens is 274 g/mol. The fourth-order valence-electron chi connectivity index (χ4n) is 1.38. The lowest BCUT2D eigenvalue weighted by molar-refractivity contribution is -0.167. The van der Waals surface area contributed by atoms with Crippen LogP contribution in [0.15, 0.2) is 11.6 Å². The standard InChI is InChI=1S/C12H18ClNO5/c1-5-12(14-9(4)15,10(16)18-6-2)11(17)19-7-8(3)13/h3,5-7H2,1-2,4H3,(H,14,15). The number of carbonyl (C=O) groups excluding carboxylic acids is 3. The van der Waals surface area contributed by atoms with Gasteiger partial charge < -0.3 is 14.8 Å². The SMILES string of the molecule is C=C(Cl)COC(=O)C(CC)(NC(C)=O)C(=O)OCC. The van der Waals surface area contributed by atoms with E-state index in [1.54, 1.807) is 13.8 Å². The molecule has 6 nitrogen and oxygen atoms in total. The smallest absolute Gasteiger partial charge is 0.344 e. The molecule has 108 valence electrons. The maximum absolute atomic E-state index is 12.0. The van der Waals surface area contributed by atoms with Gasteiger partial charge in [-0.15, -0.1) is 0 Å². The van der Waals surface area contributed by atoms with Gasteiger partial charge in [-0.05, 0) is 13.3 Å². The maximum atomic E-state index is 12.0. The molecule has 0 aliphatic heterocycles. The molecule has 0 spiro atoms. The fraction of sp³-hybridized carbons (Fsp3) is 0.583. The van der Waals surface area contributed by atoms with Crippen LogP contribution in [-0.2, 0) is 23.9 Å². The van der Waals surface area contributed by atoms with Gasteiger partial charge in [0.05, 0.1) is 6.61 Å². The number of amides is 1. The second-order valence-corrected chi connectivity index (χ2v) is 4.29. The average Bonchev–Trinajstić information content (AvgIpc) is 2.32. The first-order valence-corrected chi connectivity index (χ1v) is 6.14. The van der Waals surface area contributed by atoms with Gasteiger partial charge in [0.2, 0.25) is 11.4 Å². The minimum atomic E-state index is -1.85. The zero-order valence-corrected chi connectivity index (χ0v) is 12.0. The summed E-state index contributed by atoms with van der Waals surface area (Å²) in [4.78, 5) is 35.1. The minimum absolute atomic E-state index is 0.000984. The summed E-state index contributed by atoms with van der Waals surface area (Å²) in [6.07, 6.45) is -0.000984. The first kappa shape index (κ1) is 17.4. The van der Waals surface area contributed by atoms with E-state index in [0.29, 0.717) is 0 Å². The second-order valence-electron chi connectivity index (χ2n) is 3.75. The molecule has 0 rings (SSSR count). The van der Waals surface area contributed by atoms with Crippen molar-refractivity contribution >= 4 is 29.4 Å². The highest BCUT2D eigenvalue weighted by molar-refractivity contribution is 6.29. The van der Waals surface area contributed by atoms with E-state index >= 15 is 0 Å². The third-order valence-electron chi connectivity index (χ3n) is 2.25.